The van der Waals surface area contributed by atoms with Gasteiger partial charge in [-0.2, -0.15) is 0 Å². The van der Waals surface area contributed by atoms with Crippen molar-refractivity contribution in [1.29, 1.82) is 0 Å². The Morgan fingerprint density at radius 1 is 1.33 bits per heavy atom. The maximum Gasteiger partial charge on any atom is 0.162 e. The summed E-state index contributed by atoms with van der Waals surface area (Å²) in [5.41, 5.74) is 0.612. The predicted molar refractivity (Wildman–Crippen MR) is 83.1 cm³/mol. The lowest BCUT2D eigenvalue weighted by molar-refractivity contribution is 0.0962. The van der Waals surface area contributed by atoms with E-state index in [0.29, 0.717) is 18.0 Å². The first-order chi connectivity index (χ1) is 10.1. The molecule has 0 bridgehead atoms. The minimum Gasteiger partial charge on any atom is -0.305 e. The van der Waals surface area contributed by atoms with Gasteiger partial charge in [-0.3, -0.25) is 4.79 Å². The number of rotatable bonds is 6. The molecule has 1 aliphatic rings. The highest BCUT2D eigenvalue weighted by atomic mass is 19.1. The molecule has 0 aliphatic carbocycles. The number of hydrogen-bond donors (Lipinski definition) is 0. The SMILES string of the molecule is CN(C)C1CCCN(CCCC(=O)c2ccc(F)cc2)C1. The first-order valence-electron chi connectivity index (χ1n) is 7.74. The molecule has 0 spiro atoms. The number of likely N-dealkylation sites (tertiary alicyclic amines) is 1. The molecule has 0 saturated carbocycles. The van der Waals surface area contributed by atoms with Gasteiger partial charge in [0.2, 0.25) is 0 Å². The topological polar surface area (TPSA) is 23.6 Å². The van der Waals surface area contributed by atoms with Crippen molar-refractivity contribution in [1.82, 2.24) is 9.80 Å². The Morgan fingerprint density at radius 2 is 2.05 bits per heavy atom. The third-order valence-corrected chi connectivity index (χ3v) is 4.26. The summed E-state index contributed by atoms with van der Waals surface area (Å²) >= 11 is 0. The first kappa shape index (κ1) is 16.1. The van der Waals surface area contributed by atoms with Crippen molar-refractivity contribution in [2.24, 2.45) is 0 Å². The molecule has 1 saturated heterocycles. The van der Waals surface area contributed by atoms with Crippen LogP contribution in [0, 0.1) is 5.82 Å². The second kappa shape index (κ2) is 7.66. The third kappa shape index (κ3) is 4.90. The number of ketones is 1. The Bertz CT molecular complexity index is 458. The van der Waals surface area contributed by atoms with Crippen LogP contribution in [0.3, 0.4) is 0 Å². The van der Waals surface area contributed by atoms with Crippen molar-refractivity contribution in [3.05, 3.63) is 35.6 Å². The number of carbonyl (C=O) groups excluding carboxylic acids is 1. The molecule has 1 fully saturated rings. The third-order valence-electron chi connectivity index (χ3n) is 4.26. The van der Waals surface area contributed by atoms with Gasteiger partial charge in [-0.25, -0.2) is 4.39 Å². The van der Waals surface area contributed by atoms with Crippen LogP contribution in [0.15, 0.2) is 24.3 Å². The Labute approximate surface area is 126 Å². The highest BCUT2D eigenvalue weighted by molar-refractivity contribution is 5.95. The zero-order chi connectivity index (χ0) is 15.2. The molecule has 1 unspecified atom stereocenters. The summed E-state index contributed by atoms with van der Waals surface area (Å²) in [4.78, 5) is 16.8. The molecule has 0 amide bonds. The molecule has 1 aliphatic heterocycles. The fourth-order valence-electron chi connectivity index (χ4n) is 2.90. The summed E-state index contributed by atoms with van der Waals surface area (Å²) in [5, 5.41) is 0. The Morgan fingerprint density at radius 3 is 2.71 bits per heavy atom. The molecule has 1 heterocycles. The van der Waals surface area contributed by atoms with E-state index in [1.807, 2.05) is 0 Å². The van der Waals surface area contributed by atoms with E-state index in [9.17, 15) is 9.18 Å². The van der Waals surface area contributed by atoms with Crippen molar-refractivity contribution < 1.29 is 9.18 Å². The lowest BCUT2D eigenvalue weighted by atomic mass is 10.0. The molecule has 116 valence electrons. The van der Waals surface area contributed by atoms with Crippen molar-refractivity contribution in [3.8, 4) is 0 Å². The maximum absolute atomic E-state index is 12.8. The molecule has 1 aromatic rings. The van der Waals surface area contributed by atoms with Crippen molar-refractivity contribution in [2.75, 3.05) is 33.7 Å². The number of Topliss-reactive ketones (excluding diaryl/α,β-unsaturated/α-hetero) is 1. The van der Waals surface area contributed by atoms with E-state index < -0.39 is 0 Å². The van der Waals surface area contributed by atoms with Crippen LogP contribution in [-0.4, -0.2) is 55.4 Å². The van der Waals surface area contributed by atoms with Crippen LogP contribution in [0.4, 0.5) is 4.39 Å². The monoisotopic (exact) mass is 292 g/mol. The van der Waals surface area contributed by atoms with Gasteiger partial charge in [0, 0.05) is 24.6 Å². The van der Waals surface area contributed by atoms with Gasteiger partial charge in [-0.05, 0) is 70.7 Å². The molecule has 2 rings (SSSR count). The molecule has 1 aromatic carbocycles. The summed E-state index contributed by atoms with van der Waals surface area (Å²) in [7, 11) is 4.26. The Hall–Kier alpha value is -1.26. The maximum atomic E-state index is 12.8. The van der Waals surface area contributed by atoms with E-state index in [1.165, 1.54) is 25.0 Å². The number of halogens is 1. The lowest BCUT2D eigenvalue weighted by Gasteiger charge is -2.36. The number of nitrogens with zero attached hydrogens (tertiary/aromatic N) is 2. The predicted octanol–water partition coefficient (Wildman–Crippen LogP) is 2.81. The molecule has 0 N–H and O–H groups in total. The molecule has 0 radical (unpaired) electrons. The second-order valence-corrected chi connectivity index (χ2v) is 6.09. The Balaban J connectivity index is 1.73. The minimum absolute atomic E-state index is 0.108. The van der Waals surface area contributed by atoms with Crippen LogP contribution in [0.2, 0.25) is 0 Å². The smallest absolute Gasteiger partial charge is 0.162 e. The molecular weight excluding hydrogens is 267 g/mol. The molecule has 21 heavy (non-hydrogen) atoms. The van der Waals surface area contributed by atoms with Crippen LogP contribution in [0.25, 0.3) is 0 Å². The van der Waals surface area contributed by atoms with Crippen LogP contribution in [0.5, 0.6) is 0 Å². The molecular formula is C17H25FN2O. The highest BCUT2D eigenvalue weighted by Crippen LogP contribution is 2.15. The van der Waals surface area contributed by atoms with Crippen LogP contribution < -0.4 is 0 Å². The van der Waals surface area contributed by atoms with Crippen molar-refractivity contribution in [2.45, 2.75) is 31.7 Å². The van der Waals surface area contributed by atoms with E-state index in [-0.39, 0.29) is 11.6 Å². The highest BCUT2D eigenvalue weighted by Gasteiger charge is 2.20. The zero-order valence-corrected chi connectivity index (χ0v) is 13.0. The first-order valence-corrected chi connectivity index (χ1v) is 7.74. The minimum atomic E-state index is -0.297. The van der Waals surface area contributed by atoms with E-state index in [1.54, 1.807) is 12.1 Å². The van der Waals surface area contributed by atoms with Gasteiger partial charge >= 0.3 is 0 Å². The number of benzene rings is 1. The average Bonchev–Trinajstić information content (AvgIpc) is 2.48. The normalized spacial score (nSPS) is 19.9. The van der Waals surface area contributed by atoms with Gasteiger partial charge in [0.05, 0.1) is 0 Å². The average molecular weight is 292 g/mol. The quantitative estimate of drug-likeness (QED) is 0.753. The summed E-state index contributed by atoms with van der Waals surface area (Å²) in [6.45, 7) is 3.20. The second-order valence-electron chi connectivity index (χ2n) is 6.09. The summed E-state index contributed by atoms with van der Waals surface area (Å²) in [6, 6.07) is 6.46. The van der Waals surface area contributed by atoms with Crippen molar-refractivity contribution >= 4 is 5.78 Å². The van der Waals surface area contributed by atoms with Gasteiger partial charge in [-0.15, -0.1) is 0 Å². The number of hydrogen-bond acceptors (Lipinski definition) is 3. The standard InChI is InChI=1S/C17H25FN2O/c1-19(2)16-5-3-11-20(13-16)12-4-6-17(21)14-7-9-15(18)10-8-14/h7-10,16H,3-6,11-13H2,1-2H3. The summed E-state index contributed by atoms with van der Waals surface area (Å²) in [5.74, 6) is -0.189. The van der Waals surface area contributed by atoms with Gasteiger partial charge < -0.3 is 9.80 Å². The van der Waals surface area contributed by atoms with Crippen molar-refractivity contribution in [3.63, 3.8) is 0 Å². The number of likely N-dealkylation sites (N-methyl/N-ethyl adjacent to an activating group) is 1. The van der Waals surface area contributed by atoms with Gasteiger partial charge in [0.25, 0.3) is 0 Å². The van der Waals surface area contributed by atoms with E-state index in [0.717, 1.165) is 26.1 Å². The largest absolute Gasteiger partial charge is 0.305 e. The zero-order valence-electron chi connectivity index (χ0n) is 13.0. The van der Waals surface area contributed by atoms with Crippen LogP contribution >= 0.6 is 0 Å². The van der Waals surface area contributed by atoms with Crippen LogP contribution in [-0.2, 0) is 0 Å². The molecule has 1 atom stereocenters. The van der Waals surface area contributed by atoms with Crippen LogP contribution in [0.1, 0.15) is 36.0 Å². The summed E-state index contributed by atoms with van der Waals surface area (Å²) < 4.78 is 12.8. The fraction of sp³-hybridized carbons (Fsp3) is 0.588. The van der Waals surface area contributed by atoms with E-state index >= 15 is 0 Å². The summed E-state index contributed by atoms with van der Waals surface area (Å²) in [6.07, 6.45) is 3.90. The van der Waals surface area contributed by atoms with E-state index in [4.69, 9.17) is 0 Å². The Kier molecular flexibility index (Phi) is 5.88. The fourth-order valence-corrected chi connectivity index (χ4v) is 2.90. The lowest BCUT2D eigenvalue weighted by Crippen LogP contribution is -2.45. The molecule has 3 nitrogen and oxygen atoms in total. The molecule has 0 aromatic heterocycles. The number of carbonyl (C=O) groups is 1. The van der Waals surface area contributed by atoms with Gasteiger partial charge in [0.15, 0.2) is 5.78 Å². The van der Waals surface area contributed by atoms with E-state index in [2.05, 4.69) is 23.9 Å². The molecule has 4 heteroatoms. The van der Waals surface area contributed by atoms with Gasteiger partial charge in [0.1, 0.15) is 5.82 Å². The number of piperidine rings is 1. The van der Waals surface area contributed by atoms with Gasteiger partial charge in [-0.1, -0.05) is 0 Å².